The fourth-order valence-electron chi connectivity index (χ4n) is 0.455. The van der Waals surface area contributed by atoms with Gasteiger partial charge >= 0.3 is 0 Å². The molecule has 0 unspecified atom stereocenters. The van der Waals surface area contributed by atoms with Crippen LogP contribution in [0.3, 0.4) is 0 Å². The van der Waals surface area contributed by atoms with Gasteiger partial charge in [0.05, 0.1) is 6.34 Å². The molecular formula is C8H14N2. The maximum absolute atomic E-state index is 6.91. The van der Waals surface area contributed by atoms with E-state index in [1.807, 2.05) is 39.1 Å². The molecule has 10 heavy (non-hydrogen) atoms. The van der Waals surface area contributed by atoms with Crippen molar-refractivity contribution < 1.29 is 0 Å². The molecule has 0 bridgehead atoms. The van der Waals surface area contributed by atoms with Crippen molar-refractivity contribution in [3.8, 4) is 0 Å². The van der Waals surface area contributed by atoms with E-state index in [2.05, 4.69) is 0 Å². The van der Waals surface area contributed by atoms with E-state index in [1.165, 1.54) is 6.34 Å². The molecule has 0 saturated carbocycles. The third-order valence-corrected chi connectivity index (χ3v) is 1.28. The Labute approximate surface area is 62.4 Å². The minimum absolute atomic E-state index is 1.06. The molecule has 0 heterocycles. The second-order valence-electron chi connectivity index (χ2n) is 2.07. The summed E-state index contributed by atoms with van der Waals surface area (Å²) in [6.07, 6.45) is 7.16. The van der Waals surface area contributed by atoms with E-state index in [4.69, 9.17) is 5.41 Å². The Balaban J connectivity index is 4.03. The zero-order chi connectivity index (χ0) is 7.98. The summed E-state index contributed by atoms with van der Waals surface area (Å²) in [4.78, 5) is 1.75. The summed E-state index contributed by atoms with van der Waals surface area (Å²) in [5.41, 5.74) is 1.06. The van der Waals surface area contributed by atoms with Gasteiger partial charge in [0.2, 0.25) is 0 Å². The van der Waals surface area contributed by atoms with Crippen molar-refractivity contribution in [3.05, 3.63) is 23.9 Å². The van der Waals surface area contributed by atoms with Crippen molar-refractivity contribution in [2.45, 2.75) is 13.8 Å². The monoisotopic (exact) mass is 138 g/mol. The maximum atomic E-state index is 6.91. The molecule has 0 aliphatic heterocycles. The zero-order valence-electron chi connectivity index (χ0n) is 6.76. The lowest BCUT2D eigenvalue weighted by atomic mass is 10.4. The van der Waals surface area contributed by atoms with Gasteiger partial charge in [-0.05, 0) is 19.9 Å². The molecule has 0 spiro atoms. The predicted molar refractivity (Wildman–Crippen MR) is 45.1 cm³/mol. The summed E-state index contributed by atoms with van der Waals surface area (Å²) in [6, 6.07) is 0. The van der Waals surface area contributed by atoms with Gasteiger partial charge in [-0.2, -0.15) is 0 Å². The third kappa shape index (κ3) is 3.07. The summed E-state index contributed by atoms with van der Waals surface area (Å²) in [6.45, 7) is 3.93. The lowest BCUT2D eigenvalue weighted by Gasteiger charge is -2.10. The van der Waals surface area contributed by atoms with E-state index in [0.717, 1.165) is 5.70 Å². The van der Waals surface area contributed by atoms with Crippen molar-refractivity contribution >= 4 is 6.34 Å². The molecule has 0 aromatic heterocycles. The van der Waals surface area contributed by atoms with Crippen LogP contribution in [0.2, 0.25) is 0 Å². The molecule has 1 N–H and O–H groups in total. The fraction of sp³-hybridized carbons (Fsp3) is 0.375. The summed E-state index contributed by atoms with van der Waals surface area (Å²) in [7, 11) is 1.85. The van der Waals surface area contributed by atoms with Crippen molar-refractivity contribution in [1.29, 1.82) is 5.41 Å². The molecule has 0 aliphatic rings. The van der Waals surface area contributed by atoms with Gasteiger partial charge in [-0.15, -0.1) is 0 Å². The first-order valence-corrected chi connectivity index (χ1v) is 3.25. The summed E-state index contributed by atoms with van der Waals surface area (Å²) in [5, 5.41) is 6.91. The molecule has 56 valence electrons. The topological polar surface area (TPSA) is 27.1 Å². The number of hydrogen-bond acceptors (Lipinski definition) is 1. The maximum Gasteiger partial charge on any atom is 0.0856 e. The molecule has 0 atom stereocenters. The molecule has 0 fully saturated rings. The lowest BCUT2D eigenvalue weighted by molar-refractivity contribution is 0.642. The normalized spacial score (nSPS) is 12.1. The molecule has 2 heteroatoms. The molecule has 0 aliphatic carbocycles. The van der Waals surface area contributed by atoms with Gasteiger partial charge in [0.1, 0.15) is 0 Å². The van der Waals surface area contributed by atoms with Crippen LogP contribution in [0, 0.1) is 5.41 Å². The van der Waals surface area contributed by atoms with E-state index in [-0.39, 0.29) is 0 Å². The zero-order valence-corrected chi connectivity index (χ0v) is 6.76. The van der Waals surface area contributed by atoms with Crippen LogP contribution in [0.4, 0.5) is 0 Å². The quantitative estimate of drug-likeness (QED) is 0.360. The van der Waals surface area contributed by atoms with E-state index in [1.54, 1.807) is 4.90 Å². The van der Waals surface area contributed by atoms with Crippen LogP contribution in [-0.4, -0.2) is 18.3 Å². The van der Waals surface area contributed by atoms with E-state index < -0.39 is 0 Å². The average Bonchev–Trinajstić information content (AvgIpc) is 1.98. The average molecular weight is 138 g/mol. The van der Waals surface area contributed by atoms with Gasteiger partial charge in [-0.3, -0.25) is 5.41 Å². The van der Waals surface area contributed by atoms with Crippen molar-refractivity contribution in [1.82, 2.24) is 4.90 Å². The van der Waals surface area contributed by atoms with Gasteiger partial charge < -0.3 is 4.90 Å². The Hall–Kier alpha value is -1.05. The standard InChI is InChI=1S/C8H14N2/c1-4-5-6-8(2)10(3)7-9/h4-7,9H,1-3H3/b5-4-,8-6+,9-7?. The van der Waals surface area contributed by atoms with Gasteiger partial charge in [-0.25, -0.2) is 0 Å². The summed E-state index contributed by atoms with van der Waals surface area (Å²) in [5.74, 6) is 0. The van der Waals surface area contributed by atoms with Crippen molar-refractivity contribution in [3.63, 3.8) is 0 Å². The predicted octanol–water partition coefficient (Wildman–Crippen LogP) is 2.01. The molecule has 0 saturated heterocycles. The van der Waals surface area contributed by atoms with Gasteiger partial charge in [0.15, 0.2) is 0 Å². The van der Waals surface area contributed by atoms with Crippen LogP contribution in [0.5, 0.6) is 0 Å². The smallest absolute Gasteiger partial charge is 0.0856 e. The van der Waals surface area contributed by atoms with Crippen LogP contribution in [0.1, 0.15) is 13.8 Å². The Bertz CT molecular complexity index is 157. The lowest BCUT2D eigenvalue weighted by Crippen LogP contribution is -2.11. The summed E-state index contributed by atoms with van der Waals surface area (Å²) < 4.78 is 0. The number of hydrogen-bond donors (Lipinski definition) is 1. The van der Waals surface area contributed by atoms with E-state index in [0.29, 0.717) is 0 Å². The molecule has 0 aromatic carbocycles. The molecule has 0 rings (SSSR count). The fourth-order valence-corrected chi connectivity index (χ4v) is 0.455. The first-order chi connectivity index (χ1) is 4.72. The van der Waals surface area contributed by atoms with Crippen molar-refractivity contribution in [2.24, 2.45) is 0 Å². The molecule has 0 radical (unpaired) electrons. The highest BCUT2D eigenvalue weighted by atomic mass is 15.1. The largest absolute Gasteiger partial charge is 0.340 e. The Morgan fingerprint density at radius 2 is 2.10 bits per heavy atom. The second-order valence-corrected chi connectivity index (χ2v) is 2.07. The van der Waals surface area contributed by atoms with Crippen LogP contribution in [-0.2, 0) is 0 Å². The Morgan fingerprint density at radius 3 is 2.50 bits per heavy atom. The number of nitrogens with zero attached hydrogens (tertiary/aromatic N) is 1. The first-order valence-electron chi connectivity index (χ1n) is 3.25. The molecule has 0 aromatic rings. The number of nitrogens with one attached hydrogen (secondary N) is 1. The number of allylic oxidation sites excluding steroid dienone is 4. The summed E-state index contributed by atoms with van der Waals surface area (Å²) >= 11 is 0. The third-order valence-electron chi connectivity index (χ3n) is 1.28. The molecular weight excluding hydrogens is 124 g/mol. The van der Waals surface area contributed by atoms with E-state index in [9.17, 15) is 0 Å². The first kappa shape index (κ1) is 8.95. The SMILES string of the molecule is C/C=C\C=C(/C)N(C)C=N. The van der Waals surface area contributed by atoms with Crippen LogP contribution in [0.25, 0.3) is 0 Å². The molecule has 2 nitrogen and oxygen atoms in total. The van der Waals surface area contributed by atoms with Crippen molar-refractivity contribution in [2.75, 3.05) is 7.05 Å². The highest BCUT2D eigenvalue weighted by molar-refractivity contribution is 5.53. The number of rotatable bonds is 3. The van der Waals surface area contributed by atoms with Gasteiger partial charge in [-0.1, -0.05) is 12.2 Å². The molecule has 0 amide bonds. The minimum atomic E-state index is 1.06. The second kappa shape index (κ2) is 4.79. The highest BCUT2D eigenvalue weighted by Gasteiger charge is 1.89. The van der Waals surface area contributed by atoms with Crippen LogP contribution < -0.4 is 0 Å². The minimum Gasteiger partial charge on any atom is -0.340 e. The van der Waals surface area contributed by atoms with Gasteiger partial charge in [0.25, 0.3) is 0 Å². The Kier molecular flexibility index (Phi) is 4.29. The van der Waals surface area contributed by atoms with E-state index >= 15 is 0 Å². The van der Waals surface area contributed by atoms with Crippen LogP contribution in [0.15, 0.2) is 23.9 Å². The van der Waals surface area contributed by atoms with Gasteiger partial charge in [0, 0.05) is 12.7 Å². The Morgan fingerprint density at radius 1 is 1.50 bits per heavy atom. The highest BCUT2D eigenvalue weighted by Crippen LogP contribution is 1.95. The van der Waals surface area contributed by atoms with Crippen LogP contribution >= 0.6 is 0 Å².